The predicted molar refractivity (Wildman–Crippen MR) is 80.2 cm³/mol. The van der Waals surface area contributed by atoms with E-state index in [1.807, 2.05) is 21.1 Å². The van der Waals surface area contributed by atoms with Gasteiger partial charge in [-0.3, -0.25) is 0 Å². The zero-order valence-electron chi connectivity index (χ0n) is 12.2. The number of halogens is 1. The van der Waals surface area contributed by atoms with Crippen LogP contribution in [0.15, 0.2) is 24.3 Å². The Kier molecular flexibility index (Phi) is 7.38. The van der Waals surface area contributed by atoms with Crippen molar-refractivity contribution >= 4 is 28.9 Å². The highest BCUT2D eigenvalue weighted by Gasteiger charge is 2.24. The number of aliphatic carboxylic acids is 1. The van der Waals surface area contributed by atoms with Gasteiger partial charge in [-0.25, -0.2) is 4.79 Å². The van der Waals surface area contributed by atoms with Crippen LogP contribution in [0.4, 0.5) is 0 Å². The van der Waals surface area contributed by atoms with Gasteiger partial charge >= 0.3 is 5.97 Å². The van der Waals surface area contributed by atoms with Gasteiger partial charge in [0.25, 0.3) is 0 Å². The minimum atomic E-state index is -1.28. The Morgan fingerprint density at radius 1 is 1.29 bits per heavy atom. The standard InChI is InChI=1S/C14H19NO5.BrH/c1-15(2,3)9-10(8-13(17)18)20-14(19)11-6-4-5-7-12(11)16;/h4-7,10H,8-9H2,1-3H3,(H-,16,17,18,19);1H/t10-;/m1./s1. The number of nitrogens with zero attached hydrogens (tertiary/aromatic N) is 1. The Morgan fingerprint density at radius 2 is 1.86 bits per heavy atom. The van der Waals surface area contributed by atoms with Gasteiger partial charge in [0, 0.05) is 12.4 Å². The molecule has 0 spiro atoms. The number of carbonyl (C=O) groups excluding carboxylic acids is 2. The fourth-order valence-electron chi connectivity index (χ4n) is 1.80. The highest BCUT2D eigenvalue weighted by Crippen LogP contribution is 2.18. The minimum absolute atomic E-state index is 0. The Hall–Kier alpha value is -1.60. The number of phenols is 1. The molecule has 1 atom stereocenters. The molecule has 0 aliphatic carbocycles. The van der Waals surface area contributed by atoms with E-state index in [9.17, 15) is 19.8 Å². The van der Waals surface area contributed by atoms with Gasteiger partial charge in [-0.15, -0.1) is 17.0 Å². The molecule has 1 aromatic carbocycles. The second kappa shape index (κ2) is 7.99. The molecule has 0 unspecified atom stereocenters. The molecule has 1 rings (SSSR count). The molecule has 1 N–H and O–H groups in total. The normalized spacial score (nSPS) is 12.1. The van der Waals surface area contributed by atoms with E-state index in [1.54, 1.807) is 12.1 Å². The van der Waals surface area contributed by atoms with Crippen molar-refractivity contribution in [2.75, 3.05) is 27.7 Å². The maximum Gasteiger partial charge on any atom is 0.342 e. The van der Waals surface area contributed by atoms with Crippen molar-refractivity contribution in [3.05, 3.63) is 29.8 Å². The van der Waals surface area contributed by atoms with Crippen molar-refractivity contribution in [2.24, 2.45) is 0 Å². The number of para-hydroxylation sites is 1. The van der Waals surface area contributed by atoms with E-state index in [4.69, 9.17) is 4.74 Å². The number of carbonyl (C=O) groups is 2. The van der Waals surface area contributed by atoms with Crippen LogP contribution < -0.4 is 5.11 Å². The van der Waals surface area contributed by atoms with Crippen molar-refractivity contribution in [1.82, 2.24) is 0 Å². The molecule has 0 saturated carbocycles. The molecule has 0 amide bonds. The number of esters is 1. The second-order valence-electron chi connectivity index (χ2n) is 5.59. The van der Waals surface area contributed by atoms with Crippen LogP contribution in [0, 0.1) is 0 Å². The van der Waals surface area contributed by atoms with Crippen LogP contribution in [0.2, 0.25) is 0 Å². The number of carboxylic acids is 1. The topological polar surface area (TPSA) is 86.7 Å². The van der Waals surface area contributed by atoms with Crippen molar-refractivity contribution in [3.8, 4) is 5.75 Å². The molecule has 0 saturated heterocycles. The fourth-order valence-corrected chi connectivity index (χ4v) is 1.80. The molecule has 0 aliphatic rings. The van der Waals surface area contributed by atoms with Crippen LogP contribution in [-0.2, 0) is 9.53 Å². The number of rotatable bonds is 6. The van der Waals surface area contributed by atoms with Gasteiger partial charge in [0.15, 0.2) is 6.10 Å². The number of phenolic OH excluding ortho intramolecular Hbond substituents is 1. The molecule has 1 aromatic rings. The van der Waals surface area contributed by atoms with Gasteiger partial charge in [0.2, 0.25) is 0 Å². The van der Waals surface area contributed by atoms with E-state index in [2.05, 4.69) is 0 Å². The molecule has 0 aromatic heterocycles. The van der Waals surface area contributed by atoms with E-state index in [-0.39, 0.29) is 34.7 Å². The maximum absolute atomic E-state index is 11.9. The van der Waals surface area contributed by atoms with Crippen LogP contribution in [0.25, 0.3) is 0 Å². The summed E-state index contributed by atoms with van der Waals surface area (Å²) in [6.45, 7) is 0.327. The molecule has 21 heavy (non-hydrogen) atoms. The highest BCUT2D eigenvalue weighted by atomic mass is 79.9. The molecular weight excluding hydrogens is 342 g/mol. The lowest BCUT2D eigenvalue weighted by Gasteiger charge is -2.29. The monoisotopic (exact) mass is 361 g/mol. The summed E-state index contributed by atoms with van der Waals surface area (Å²) >= 11 is 0. The Balaban J connectivity index is 0.00000400. The first kappa shape index (κ1) is 19.4. The molecule has 0 radical (unpaired) electrons. The summed E-state index contributed by atoms with van der Waals surface area (Å²) in [4.78, 5) is 22.7. The first-order chi connectivity index (χ1) is 9.19. The predicted octanol–water partition coefficient (Wildman–Crippen LogP) is 0.342. The largest absolute Gasteiger partial charge is 0.550 e. The summed E-state index contributed by atoms with van der Waals surface area (Å²) in [6.07, 6.45) is -1.19. The summed E-state index contributed by atoms with van der Waals surface area (Å²) in [7, 11) is 5.57. The van der Waals surface area contributed by atoms with Crippen molar-refractivity contribution in [3.63, 3.8) is 0 Å². The number of aromatic hydroxyl groups is 1. The van der Waals surface area contributed by atoms with Gasteiger partial charge in [-0.05, 0) is 12.1 Å². The summed E-state index contributed by atoms with van der Waals surface area (Å²) in [6, 6.07) is 5.95. The zero-order valence-corrected chi connectivity index (χ0v) is 13.9. The Morgan fingerprint density at radius 3 is 2.33 bits per heavy atom. The zero-order chi connectivity index (χ0) is 15.3. The number of carboxylic acid groups (broad SMARTS) is 1. The lowest BCUT2D eigenvalue weighted by Crippen LogP contribution is -2.45. The van der Waals surface area contributed by atoms with Gasteiger partial charge < -0.3 is 24.2 Å². The third kappa shape index (κ3) is 7.10. The molecule has 0 fully saturated rings. The van der Waals surface area contributed by atoms with E-state index < -0.39 is 18.0 Å². The van der Waals surface area contributed by atoms with Gasteiger partial charge in [0.05, 0.1) is 21.1 Å². The minimum Gasteiger partial charge on any atom is -0.550 e. The van der Waals surface area contributed by atoms with E-state index in [0.717, 1.165) is 0 Å². The summed E-state index contributed by atoms with van der Waals surface area (Å²) in [5.41, 5.74) is 0.0113. The number of quaternary nitrogens is 1. The lowest BCUT2D eigenvalue weighted by atomic mass is 10.2. The van der Waals surface area contributed by atoms with Crippen LogP contribution in [0.5, 0.6) is 5.75 Å². The van der Waals surface area contributed by atoms with Crippen molar-refractivity contribution < 1.29 is 29.0 Å². The number of benzene rings is 1. The van der Waals surface area contributed by atoms with Crippen molar-refractivity contribution in [2.45, 2.75) is 12.5 Å². The fraction of sp³-hybridized carbons (Fsp3) is 0.429. The molecule has 118 valence electrons. The number of ether oxygens (including phenoxy) is 1. The molecular formula is C14H20BrNO5. The third-order valence-electron chi connectivity index (χ3n) is 2.54. The van der Waals surface area contributed by atoms with Crippen LogP contribution in [-0.4, -0.2) is 55.3 Å². The average molecular weight is 362 g/mol. The Bertz CT molecular complexity index is 498. The number of hydrogen-bond acceptors (Lipinski definition) is 5. The van der Waals surface area contributed by atoms with Crippen LogP contribution >= 0.6 is 17.0 Å². The Labute approximate surface area is 134 Å². The number of hydrogen-bond donors (Lipinski definition) is 1. The second-order valence-corrected chi connectivity index (χ2v) is 5.59. The highest BCUT2D eigenvalue weighted by molar-refractivity contribution is 8.93. The third-order valence-corrected chi connectivity index (χ3v) is 2.54. The molecule has 6 nitrogen and oxygen atoms in total. The molecule has 7 heteroatoms. The molecule has 0 bridgehead atoms. The van der Waals surface area contributed by atoms with Gasteiger partial charge in [-0.1, -0.05) is 12.1 Å². The summed E-state index contributed by atoms with van der Waals surface area (Å²) in [5.74, 6) is -2.23. The lowest BCUT2D eigenvalue weighted by molar-refractivity contribution is -0.873. The van der Waals surface area contributed by atoms with Gasteiger partial charge in [0.1, 0.15) is 17.9 Å². The number of likely N-dealkylation sites (N-methyl/N-ethyl adjacent to an activating group) is 1. The first-order valence-electron chi connectivity index (χ1n) is 6.18. The summed E-state index contributed by atoms with van der Waals surface area (Å²) < 4.78 is 5.61. The first-order valence-corrected chi connectivity index (χ1v) is 6.18. The van der Waals surface area contributed by atoms with Crippen LogP contribution in [0.3, 0.4) is 0 Å². The van der Waals surface area contributed by atoms with Gasteiger partial charge in [-0.2, -0.15) is 0 Å². The quantitative estimate of drug-likeness (QED) is 0.583. The molecule has 0 heterocycles. The van der Waals surface area contributed by atoms with E-state index in [1.165, 1.54) is 12.1 Å². The smallest absolute Gasteiger partial charge is 0.342 e. The molecule has 0 aliphatic heterocycles. The average Bonchev–Trinajstić information content (AvgIpc) is 2.25. The SMILES string of the molecule is Br.C[N+](C)(C)C[C@@H](CC(=O)[O-])OC(=O)c1ccccc1O. The van der Waals surface area contributed by atoms with Crippen LogP contribution in [0.1, 0.15) is 16.8 Å². The summed E-state index contributed by atoms with van der Waals surface area (Å²) in [5, 5.41) is 20.3. The van der Waals surface area contributed by atoms with E-state index in [0.29, 0.717) is 11.0 Å². The van der Waals surface area contributed by atoms with Crippen molar-refractivity contribution in [1.29, 1.82) is 0 Å². The maximum atomic E-state index is 11.9. The van der Waals surface area contributed by atoms with E-state index >= 15 is 0 Å².